The third-order valence-electron chi connectivity index (χ3n) is 6.46. The van der Waals surface area contributed by atoms with Crippen molar-refractivity contribution in [3.8, 4) is 5.75 Å². The van der Waals surface area contributed by atoms with Crippen LogP contribution in [-0.4, -0.2) is 44.7 Å². The maximum absolute atomic E-state index is 13.8. The van der Waals surface area contributed by atoms with Crippen LogP contribution in [0.4, 0.5) is 0 Å². The zero-order chi connectivity index (χ0) is 23.8. The van der Waals surface area contributed by atoms with Crippen LogP contribution < -0.4 is 4.74 Å². The Balaban J connectivity index is 1.81. The number of hydrogen-bond donors (Lipinski definition) is 0. The number of rotatable bonds is 5. The fraction of sp³-hybridized carbons (Fsp3) is 0.360. The molecule has 0 amide bonds. The monoisotopic (exact) mass is 469 g/mol. The first-order chi connectivity index (χ1) is 15.7. The molecule has 2 aromatic carbocycles. The third-order valence-corrected chi connectivity index (χ3v) is 8.29. The second-order valence-electron chi connectivity index (χ2n) is 8.36. The predicted octanol–water partition coefficient (Wildman–Crippen LogP) is 3.66. The van der Waals surface area contributed by atoms with Gasteiger partial charge in [-0.1, -0.05) is 17.7 Å². The van der Waals surface area contributed by atoms with Crippen molar-refractivity contribution in [1.29, 1.82) is 0 Å². The lowest BCUT2D eigenvalue weighted by Crippen LogP contribution is -2.39. The maximum Gasteiger partial charge on any atom is 0.332 e. The zero-order valence-corrected chi connectivity index (χ0v) is 19.8. The first-order valence-electron chi connectivity index (χ1n) is 10.9. The average Bonchev–Trinajstić information content (AvgIpc) is 3.16. The molecule has 1 spiro atoms. The molecular weight excluding hydrogens is 442 g/mol. The standard InChI is InChI=1S/C25H27NO6S/c1-4-32-23(27)16-22-25(12-11-18-15-19(31-3)7-10-21(18)24(25)28)13-14-26(22)33(29,30)20-8-5-17(2)6-9-20/h5-10,15-16H,4,11-14H2,1-3H3/b22-16-. The van der Waals surface area contributed by atoms with Gasteiger partial charge in [0.1, 0.15) is 5.75 Å². The number of ether oxygens (including phenoxy) is 2. The summed E-state index contributed by atoms with van der Waals surface area (Å²) in [5.74, 6) is -0.176. The number of sulfonamides is 1. The highest BCUT2D eigenvalue weighted by atomic mass is 32.2. The van der Waals surface area contributed by atoms with Gasteiger partial charge in [0.05, 0.1) is 29.7 Å². The first kappa shape index (κ1) is 23.0. The Bertz CT molecular complexity index is 1230. The molecule has 1 aliphatic heterocycles. The fourth-order valence-corrected chi connectivity index (χ4v) is 6.25. The maximum atomic E-state index is 13.8. The van der Waals surface area contributed by atoms with Crippen molar-refractivity contribution >= 4 is 21.8 Å². The van der Waals surface area contributed by atoms with Crippen molar-refractivity contribution in [2.24, 2.45) is 5.41 Å². The quantitative estimate of drug-likeness (QED) is 0.490. The summed E-state index contributed by atoms with van der Waals surface area (Å²) in [6.45, 7) is 3.81. The Morgan fingerprint density at radius 2 is 1.88 bits per heavy atom. The number of hydrogen-bond acceptors (Lipinski definition) is 6. The van der Waals surface area contributed by atoms with Crippen molar-refractivity contribution in [3.05, 3.63) is 70.9 Å². The number of esters is 1. The normalized spacial score (nSPS) is 21.4. The minimum absolute atomic E-state index is 0.110. The molecule has 1 atom stereocenters. The summed E-state index contributed by atoms with van der Waals surface area (Å²) < 4.78 is 38.7. The molecule has 174 valence electrons. The highest BCUT2D eigenvalue weighted by Gasteiger charge is 2.54. The van der Waals surface area contributed by atoms with Gasteiger partial charge in [-0.2, -0.15) is 0 Å². The molecule has 1 fully saturated rings. The van der Waals surface area contributed by atoms with Gasteiger partial charge in [0, 0.05) is 18.2 Å². The van der Waals surface area contributed by atoms with Crippen molar-refractivity contribution < 1.29 is 27.5 Å². The smallest absolute Gasteiger partial charge is 0.332 e. The summed E-state index contributed by atoms with van der Waals surface area (Å²) >= 11 is 0. The van der Waals surface area contributed by atoms with E-state index < -0.39 is 21.4 Å². The van der Waals surface area contributed by atoms with Crippen LogP contribution in [0.3, 0.4) is 0 Å². The molecule has 1 aliphatic carbocycles. The Hall–Kier alpha value is -3.13. The van der Waals surface area contributed by atoms with E-state index in [9.17, 15) is 18.0 Å². The number of carbonyl (C=O) groups is 2. The number of allylic oxidation sites excluding steroid dienone is 1. The molecule has 0 radical (unpaired) electrons. The molecule has 2 aliphatic rings. The van der Waals surface area contributed by atoms with Gasteiger partial charge in [0.2, 0.25) is 0 Å². The lowest BCUT2D eigenvalue weighted by molar-refractivity contribution is -0.137. The molecule has 1 unspecified atom stereocenters. The van der Waals surface area contributed by atoms with Crippen LogP contribution in [-0.2, 0) is 26.0 Å². The summed E-state index contributed by atoms with van der Waals surface area (Å²) in [6, 6.07) is 11.8. The van der Waals surface area contributed by atoms with Gasteiger partial charge in [-0.25, -0.2) is 13.2 Å². The molecule has 0 aromatic heterocycles. The minimum atomic E-state index is -3.97. The highest BCUT2D eigenvalue weighted by Crippen LogP contribution is 2.51. The second kappa shape index (κ2) is 8.67. The number of carbonyl (C=O) groups excluding carboxylic acids is 2. The van der Waals surface area contributed by atoms with Crippen LogP contribution >= 0.6 is 0 Å². The lowest BCUT2D eigenvalue weighted by atomic mass is 9.68. The van der Waals surface area contributed by atoms with Crippen molar-refractivity contribution in [3.63, 3.8) is 0 Å². The molecule has 33 heavy (non-hydrogen) atoms. The van der Waals surface area contributed by atoms with Crippen LogP contribution in [0.2, 0.25) is 0 Å². The lowest BCUT2D eigenvalue weighted by Gasteiger charge is -2.35. The largest absolute Gasteiger partial charge is 0.497 e. The van der Waals surface area contributed by atoms with Crippen molar-refractivity contribution in [1.82, 2.24) is 4.31 Å². The van der Waals surface area contributed by atoms with Gasteiger partial charge in [-0.05, 0) is 69.0 Å². The Morgan fingerprint density at radius 1 is 1.15 bits per heavy atom. The predicted molar refractivity (Wildman–Crippen MR) is 122 cm³/mol. The van der Waals surface area contributed by atoms with E-state index in [1.54, 1.807) is 50.4 Å². The number of methoxy groups -OCH3 is 1. The molecular formula is C25H27NO6S. The Kier molecular flexibility index (Phi) is 6.05. The molecule has 0 bridgehead atoms. The summed E-state index contributed by atoms with van der Waals surface area (Å²) in [5, 5.41) is 0. The van der Waals surface area contributed by atoms with E-state index in [2.05, 4.69) is 0 Å². The Morgan fingerprint density at radius 3 is 2.55 bits per heavy atom. The van der Waals surface area contributed by atoms with Crippen LogP contribution in [0.1, 0.15) is 41.3 Å². The topological polar surface area (TPSA) is 90.0 Å². The molecule has 8 heteroatoms. The highest BCUT2D eigenvalue weighted by molar-refractivity contribution is 7.89. The molecule has 0 N–H and O–H groups in total. The van der Waals surface area contributed by atoms with Gasteiger partial charge >= 0.3 is 5.97 Å². The van der Waals surface area contributed by atoms with E-state index in [0.717, 1.165) is 11.1 Å². The number of benzene rings is 2. The molecule has 1 saturated heterocycles. The first-order valence-corrected chi connectivity index (χ1v) is 12.4. The van der Waals surface area contributed by atoms with E-state index in [-0.39, 0.29) is 29.5 Å². The van der Waals surface area contributed by atoms with Crippen LogP contribution in [0.15, 0.2) is 59.1 Å². The van der Waals surface area contributed by atoms with E-state index in [1.807, 2.05) is 13.0 Å². The van der Waals surface area contributed by atoms with Gasteiger partial charge < -0.3 is 9.47 Å². The number of aryl methyl sites for hydroxylation is 2. The number of Topliss-reactive ketones (excluding diaryl/α,β-unsaturated/α-hetero) is 1. The van der Waals surface area contributed by atoms with Crippen molar-refractivity contribution in [2.75, 3.05) is 20.3 Å². The fourth-order valence-electron chi connectivity index (χ4n) is 4.70. The van der Waals surface area contributed by atoms with Crippen LogP contribution in [0, 0.1) is 12.3 Å². The number of ketones is 1. The van der Waals surface area contributed by atoms with Gasteiger partial charge in [0.15, 0.2) is 5.78 Å². The van der Waals surface area contributed by atoms with E-state index in [0.29, 0.717) is 30.6 Å². The molecule has 0 saturated carbocycles. The van der Waals surface area contributed by atoms with Crippen LogP contribution in [0.25, 0.3) is 0 Å². The van der Waals surface area contributed by atoms with E-state index in [1.165, 1.54) is 10.4 Å². The summed E-state index contributed by atoms with van der Waals surface area (Å²) in [4.78, 5) is 26.4. The van der Waals surface area contributed by atoms with Gasteiger partial charge in [-0.3, -0.25) is 9.10 Å². The third kappa shape index (κ3) is 3.93. The van der Waals surface area contributed by atoms with E-state index in [4.69, 9.17) is 9.47 Å². The molecule has 4 rings (SSSR count). The summed E-state index contributed by atoms with van der Waals surface area (Å²) in [7, 11) is -2.40. The van der Waals surface area contributed by atoms with Crippen LogP contribution in [0.5, 0.6) is 5.75 Å². The molecule has 1 heterocycles. The SMILES string of the molecule is CCOC(=O)/C=C1\N(S(=O)(=O)c2ccc(C)cc2)CCC12CCc1cc(OC)ccc1C2=O. The van der Waals surface area contributed by atoms with Gasteiger partial charge in [0.25, 0.3) is 10.0 Å². The zero-order valence-electron chi connectivity index (χ0n) is 19.0. The van der Waals surface area contributed by atoms with E-state index >= 15 is 0 Å². The summed E-state index contributed by atoms with van der Waals surface area (Å²) in [5.41, 5.74) is 1.41. The number of fused-ring (bicyclic) bond motifs is 1. The average molecular weight is 470 g/mol. The number of nitrogens with zero attached hydrogens (tertiary/aromatic N) is 1. The van der Waals surface area contributed by atoms with Crippen molar-refractivity contribution in [2.45, 2.75) is 38.0 Å². The minimum Gasteiger partial charge on any atom is -0.497 e. The Labute approximate surface area is 194 Å². The molecule has 2 aromatic rings. The second-order valence-corrected chi connectivity index (χ2v) is 10.2. The summed E-state index contributed by atoms with van der Waals surface area (Å²) in [6.07, 6.45) is 2.45. The van der Waals surface area contributed by atoms with Gasteiger partial charge in [-0.15, -0.1) is 0 Å². The molecule has 7 nitrogen and oxygen atoms in total.